The zero-order chi connectivity index (χ0) is 26.3. The Kier molecular flexibility index (Phi) is 8.69. The topological polar surface area (TPSA) is 61.6 Å². The van der Waals surface area contributed by atoms with E-state index >= 15 is 0 Å². The molecule has 5 rings (SSSR count). The van der Waals surface area contributed by atoms with Crippen LogP contribution in [-0.4, -0.2) is 60.5 Å². The molecule has 38 heavy (non-hydrogen) atoms. The van der Waals surface area contributed by atoms with E-state index in [9.17, 15) is 4.79 Å². The number of fused-ring (bicyclic) bond motifs is 2. The molecule has 5 heteroatoms. The van der Waals surface area contributed by atoms with Crippen molar-refractivity contribution in [2.45, 2.75) is 44.8 Å². The lowest BCUT2D eigenvalue weighted by Gasteiger charge is -2.39. The molecule has 3 N–H and O–H groups in total. The Balaban J connectivity index is 1.12. The van der Waals surface area contributed by atoms with Crippen LogP contribution in [0.25, 0.3) is 21.5 Å². The van der Waals surface area contributed by atoms with Crippen LogP contribution in [0.5, 0.6) is 0 Å². The lowest BCUT2D eigenvalue weighted by atomic mass is 10.0. The van der Waals surface area contributed by atoms with Gasteiger partial charge in [0.1, 0.15) is 0 Å². The van der Waals surface area contributed by atoms with E-state index in [4.69, 9.17) is 5.73 Å². The molecule has 0 spiro atoms. The number of carbonyl (C=O) groups excluding carboxylic acids is 1. The van der Waals surface area contributed by atoms with Gasteiger partial charge >= 0.3 is 0 Å². The summed E-state index contributed by atoms with van der Waals surface area (Å²) in [5.41, 5.74) is 8.26. The second-order valence-electron chi connectivity index (χ2n) is 10.5. The maximum atomic E-state index is 13.4. The van der Waals surface area contributed by atoms with Gasteiger partial charge in [-0.25, -0.2) is 0 Å². The summed E-state index contributed by atoms with van der Waals surface area (Å²) in [5, 5.41) is 8.40. The molecule has 4 aromatic carbocycles. The maximum absolute atomic E-state index is 13.4. The SMILES string of the molecule is CC[C@@H](CCC(CN)NCc1ccc2ccccc2c1)N1CCN(C(=O)c2cccc3ccccc23)CC1. The molecule has 2 atom stereocenters. The Morgan fingerprint density at radius 3 is 2.32 bits per heavy atom. The van der Waals surface area contributed by atoms with Gasteiger partial charge < -0.3 is 16.0 Å². The average molecular weight is 509 g/mol. The fourth-order valence-electron chi connectivity index (χ4n) is 5.83. The third kappa shape index (κ3) is 6.07. The van der Waals surface area contributed by atoms with E-state index in [1.807, 2.05) is 35.2 Å². The lowest BCUT2D eigenvalue weighted by molar-refractivity contribution is 0.0551. The van der Waals surface area contributed by atoms with Crippen LogP contribution in [0.15, 0.2) is 84.9 Å². The molecule has 1 amide bonds. The normalized spacial score (nSPS) is 16.1. The second-order valence-corrected chi connectivity index (χ2v) is 10.5. The van der Waals surface area contributed by atoms with Gasteiger partial charge in [0, 0.05) is 56.9 Å². The third-order valence-corrected chi connectivity index (χ3v) is 8.15. The van der Waals surface area contributed by atoms with Crippen molar-refractivity contribution in [2.24, 2.45) is 5.73 Å². The first-order chi connectivity index (χ1) is 18.7. The largest absolute Gasteiger partial charge is 0.336 e. The molecule has 0 aromatic heterocycles. The minimum Gasteiger partial charge on any atom is -0.336 e. The first-order valence-electron chi connectivity index (χ1n) is 14.1. The molecule has 1 fully saturated rings. The summed E-state index contributed by atoms with van der Waals surface area (Å²) in [4.78, 5) is 18.0. The van der Waals surface area contributed by atoms with E-state index in [-0.39, 0.29) is 5.91 Å². The summed E-state index contributed by atoms with van der Waals surface area (Å²) in [6.07, 6.45) is 3.28. The first-order valence-corrected chi connectivity index (χ1v) is 14.1. The molecule has 1 saturated heterocycles. The van der Waals surface area contributed by atoms with Crippen LogP contribution in [0.3, 0.4) is 0 Å². The van der Waals surface area contributed by atoms with Gasteiger partial charge in [-0.3, -0.25) is 9.69 Å². The van der Waals surface area contributed by atoms with E-state index in [2.05, 4.69) is 71.7 Å². The van der Waals surface area contributed by atoms with Gasteiger partial charge in [-0.15, -0.1) is 0 Å². The number of piperazine rings is 1. The highest BCUT2D eigenvalue weighted by atomic mass is 16.2. The predicted molar refractivity (Wildman–Crippen MR) is 158 cm³/mol. The molecule has 1 aliphatic heterocycles. The molecule has 1 unspecified atom stereocenters. The summed E-state index contributed by atoms with van der Waals surface area (Å²) in [7, 11) is 0. The van der Waals surface area contributed by atoms with Crippen molar-refractivity contribution in [3.63, 3.8) is 0 Å². The molecule has 0 aliphatic carbocycles. The van der Waals surface area contributed by atoms with Crippen molar-refractivity contribution in [2.75, 3.05) is 32.7 Å². The minimum absolute atomic E-state index is 0.149. The Morgan fingerprint density at radius 1 is 0.842 bits per heavy atom. The number of amides is 1. The molecular formula is C33H40N4O. The van der Waals surface area contributed by atoms with E-state index in [1.54, 1.807) is 0 Å². The fraction of sp³-hybridized carbons (Fsp3) is 0.364. The Hall–Kier alpha value is -3.25. The number of hydrogen-bond acceptors (Lipinski definition) is 4. The molecule has 0 radical (unpaired) electrons. The molecule has 4 aromatic rings. The van der Waals surface area contributed by atoms with Gasteiger partial charge in [0.05, 0.1) is 0 Å². The highest BCUT2D eigenvalue weighted by molar-refractivity contribution is 6.07. The van der Waals surface area contributed by atoms with Gasteiger partial charge in [0.2, 0.25) is 0 Å². The van der Waals surface area contributed by atoms with Crippen LogP contribution in [-0.2, 0) is 6.54 Å². The molecule has 198 valence electrons. The Bertz CT molecular complexity index is 1360. The lowest BCUT2D eigenvalue weighted by Crippen LogP contribution is -2.52. The number of benzene rings is 4. The third-order valence-electron chi connectivity index (χ3n) is 8.15. The predicted octanol–water partition coefficient (Wildman–Crippen LogP) is 5.43. The summed E-state index contributed by atoms with van der Waals surface area (Å²) in [5.74, 6) is 0.149. The fourth-order valence-corrected chi connectivity index (χ4v) is 5.83. The van der Waals surface area contributed by atoms with Gasteiger partial charge in [-0.2, -0.15) is 0 Å². The van der Waals surface area contributed by atoms with Gasteiger partial charge in [-0.1, -0.05) is 79.7 Å². The van der Waals surface area contributed by atoms with Crippen LogP contribution < -0.4 is 11.1 Å². The Morgan fingerprint density at radius 2 is 1.55 bits per heavy atom. The van der Waals surface area contributed by atoms with E-state index in [1.165, 1.54) is 16.3 Å². The average Bonchev–Trinajstić information content (AvgIpc) is 2.98. The molecular weight excluding hydrogens is 468 g/mol. The number of nitrogens with two attached hydrogens (primary N) is 1. The van der Waals surface area contributed by atoms with Crippen LogP contribution in [0.4, 0.5) is 0 Å². The zero-order valence-electron chi connectivity index (χ0n) is 22.5. The van der Waals surface area contributed by atoms with Crippen molar-refractivity contribution >= 4 is 27.5 Å². The zero-order valence-corrected chi connectivity index (χ0v) is 22.5. The van der Waals surface area contributed by atoms with Crippen LogP contribution in [0.1, 0.15) is 42.1 Å². The van der Waals surface area contributed by atoms with Crippen molar-refractivity contribution in [1.82, 2.24) is 15.1 Å². The highest BCUT2D eigenvalue weighted by Crippen LogP contribution is 2.22. The quantitative estimate of drug-likeness (QED) is 0.300. The van der Waals surface area contributed by atoms with Crippen molar-refractivity contribution in [3.05, 3.63) is 96.1 Å². The maximum Gasteiger partial charge on any atom is 0.254 e. The van der Waals surface area contributed by atoms with E-state index in [0.29, 0.717) is 18.6 Å². The van der Waals surface area contributed by atoms with Gasteiger partial charge in [-0.05, 0) is 58.5 Å². The van der Waals surface area contributed by atoms with Crippen LogP contribution in [0.2, 0.25) is 0 Å². The Labute approximate surface area is 226 Å². The molecule has 0 bridgehead atoms. The summed E-state index contributed by atoms with van der Waals surface area (Å²) in [6, 6.07) is 30.1. The first kappa shape index (κ1) is 26.4. The van der Waals surface area contributed by atoms with Crippen molar-refractivity contribution in [1.29, 1.82) is 0 Å². The van der Waals surface area contributed by atoms with Crippen molar-refractivity contribution < 1.29 is 4.79 Å². The second kappa shape index (κ2) is 12.5. The molecule has 0 saturated carbocycles. The van der Waals surface area contributed by atoms with Gasteiger partial charge in [0.15, 0.2) is 0 Å². The van der Waals surface area contributed by atoms with Crippen LogP contribution >= 0.6 is 0 Å². The number of nitrogens with one attached hydrogen (secondary N) is 1. The monoisotopic (exact) mass is 508 g/mol. The summed E-state index contributed by atoms with van der Waals surface area (Å²) >= 11 is 0. The summed E-state index contributed by atoms with van der Waals surface area (Å²) in [6.45, 7) is 7.14. The standard InChI is InChI=1S/C33H40N4O/c1-2-30(17-16-29(23-34)35-24-25-14-15-26-8-3-4-10-28(26)22-25)36-18-20-37(21-19-36)33(38)32-13-7-11-27-9-5-6-12-31(27)32/h3-15,22,29-30,35H,2,16-21,23-24,34H2,1H3/t29?,30-/m0/s1. The minimum atomic E-state index is 0.149. The number of hydrogen-bond donors (Lipinski definition) is 2. The smallest absolute Gasteiger partial charge is 0.254 e. The van der Waals surface area contributed by atoms with Crippen molar-refractivity contribution in [3.8, 4) is 0 Å². The van der Waals surface area contributed by atoms with Gasteiger partial charge in [0.25, 0.3) is 5.91 Å². The number of rotatable bonds is 10. The van der Waals surface area contributed by atoms with Crippen LogP contribution in [0, 0.1) is 0 Å². The molecule has 1 aliphatic rings. The highest BCUT2D eigenvalue weighted by Gasteiger charge is 2.27. The summed E-state index contributed by atoms with van der Waals surface area (Å²) < 4.78 is 0. The van der Waals surface area contributed by atoms with E-state index in [0.717, 1.165) is 68.3 Å². The molecule has 5 nitrogen and oxygen atoms in total. The number of carbonyl (C=O) groups is 1. The number of nitrogens with zero attached hydrogens (tertiary/aromatic N) is 2. The van der Waals surface area contributed by atoms with E-state index < -0.39 is 0 Å². The molecule has 1 heterocycles.